The molecule has 1 aromatic heterocycles. The van der Waals surface area contributed by atoms with Crippen molar-refractivity contribution in [3.8, 4) is 11.4 Å². The Morgan fingerprint density at radius 3 is 2.68 bits per heavy atom. The number of tetrazole rings is 1. The number of ether oxygens (including phenoxy) is 1. The van der Waals surface area contributed by atoms with Crippen LogP contribution in [0.1, 0.15) is 5.56 Å². The van der Waals surface area contributed by atoms with E-state index >= 15 is 0 Å². The highest BCUT2D eigenvalue weighted by atomic mass is 79.9. The van der Waals surface area contributed by atoms with Gasteiger partial charge in [-0.3, -0.25) is 0 Å². The van der Waals surface area contributed by atoms with Crippen molar-refractivity contribution in [2.24, 2.45) is 0 Å². The molecule has 1 atom stereocenters. The molecule has 0 fully saturated rings. The van der Waals surface area contributed by atoms with Gasteiger partial charge in [0, 0.05) is 15.6 Å². The molecule has 130 valence electrons. The van der Waals surface area contributed by atoms with Crippen LogP contribution in [0.4, 0.5) is 4.39 Å². The highest BCUT2D eigenvalue weighted by Gasteiger charge is 2.11. The monoisotopic (exact) mass is 406 g/mol. The van der Waals surface area contributed by atoms with Crippen LogP contribution in [0.2, 0.25) is 0 Å². The second-order valence-corrected chi connectivity index (χ2v) is 6.35. The van der Waals surface area contributed by atoms with Crippen molar-refractivity contribution in [1.82, 2.24) is 20.2 Å². The molecule has 1 heterocycles. The molecule has 0 aliphatic carbocycles. The van der Waals surface area contributed by atoms with Crippen LogP contribution >= 0.6 is 15.9 Å². The van der Waals surface area contributed by atoms with Gasteiger partial charge in [0.05, 0.1) is 25.9 Å². The Morgan fingerprint density at radius 1 is 1.16 bits per heavy atom. The van der Waals surface area contributed by atoms with Gasteiger partial charge in [-0.05, 0) is 35.5 Å². The van der Waals surface area contributed by atoms with E-state index in [1.165, 1.54) is 10.9 Å². The number of hydrogen-bond acceptors (Lipinski definition) is 5. The van der Waals surface area contributed by atoms with Gasteiger partial charge < -0.3 is 9.84 Å². The predicted octanol–water partition coefficient (Wildman–Crippen LogP) is 2.82. The van der Waals surface area contributed by atoms with Crippen molar-refractivity contribution in [2.45, 2.75) is 19.3 Å². The Kier molecular flexibility index (Phi) is 5.85. The number of halogens is 2. The number of hydrogen-bond donors (Lipinski definition) is 1. The molecular formula is C17H16BrFN4O2. The maximum atomic E-state index is 13.5. The van der Waals surface area contributed by atoms with Crippen LogP contribution in [-0.4, -0.2) is 38.0 Å². The minimum Gasteiger partial charge on any atom is -0.389 e. The Morgan fingerprint density at radius 2 is 1.92 bits per heavy atom. The number of benzene rings is 2. The summed E-state index contributed by atoms with van der Waals surface area (Å²) in [5, 5.41) is 22.1. The van der Waals surface area contributed by atoms with Gasteiger partial charge in [0.2, 0.25) is 5.82 Å². The number of aliphatic hydroxyl groups excluding tert-OH is 1. The maximum Gasteiger partial charge on any atom is 0.204 e. The molecule has 0 aliphatic heterocycles. The van der Waals surface area contributed by atoms with E-state index in [1.54, 1.807) is 18.2 Å². The summed E-state index contributed by atoms with van der Waals surface area (Å²) in [4.78, 5) is 1.31. The molecule has 0 saturated carbocycles. The normalized spacial score (nSPS) is 12.3. The van der Waals surface area contributed by atoms with Crippen molar-refractivity contribution < 1.29 is 14.2 Å². The Hall–Kier alpha value is -2.16. The van der Waals surface area contributed by atoms with Gasteiger partial charge in [0.25, 0.3) is 0 Å². The number of rotatable bonds is 7. The summed E-state index contributed by atoms with van der Waals surface area (Å²) >= 11 is 3.37. The SMILES string of the molecule is O[C@@H](COCc1ccccc1F)Cn1nnc(-c2ccc(Br)cc2)n1. The zero-order chi connectivity index (χ0) is 17.6. The Bertz CT molecular complexity index is 826. The zero-order valence-corrected chi connectivity index (χ0v) is 14.8. The van der Waals surface area contributed by atoms with Gasteiger partial charge in [0.15, 0.2) is 0 Å². The second kappa shape index (κ2) is 8.28. The van der Waals surface area contributed by atoms with E-state index in [9.17, 15) is 9.50 Å². The predicted molar refractivity (Wildman–Crippen MR) is 93.0 cm³/mol. The van der Waals surface area contributed by atoms with Crippen molar-refractivity contribution in [2.75, 3.05) is 6.61 Å². The van der Waals surface area contributed by atoms with Crippen LogP contribution in [-0.2, 0) is 17.9 Å². The highest BCUT2D eigenvalue weighted by Crippen LogP contribution is 2.17. The van der Waals surface area contributed by atoms with Crippen LogP contribution < -0.4 is 0 Å². The summed E-state index contributed by atoms with van der Waals surface area (Å²) < 4.78 is 19.8. The van der Waals surface area contributed by atoms with Crippen LogP contribution in [0.25, 0.3) is 11.4 Å². The molecule has 0 radical (unpaired) electrons. The van der Waals surface area contributed by atoms with Crippen LogP contribution in [0, 0.1) is 5.82 Å². The number of aromatic nitrogens is 4. The third kappa shape index (κ3) is 4.91. The lowest BCUT2D eigenvalue weighted by molar-refractivity contribution is 0.0156. The molecule has 0 unspecified atom stereocenters. The fourth-order valence-corrected chi connectivity index (χ4v) is 2.46. The van der Waals surface area contributed by atoms with Crippen LogP contribution in [0.3, 0.4) is 0 Å². The Balaban J connectivity index is 1.50. The second-order valence-electron chi connectivity index (χ2n) is 5.44. The summed E-state index contributed by atoms with van der Waals surface area (Å²) in [5.74, 6) is 0.154. The third-order valence-corrected chi connectivity index (χ3v) is 3.98. The van der Waals surface area contributed by atoms with Crippen molar-refractivity contribution in [3.63, 3.8) is 0 Å². The lowest BCUT2D eigenvalue weighted by atomic mass is 10.2. The first-order valence-corrected chi connectivity index (χ1v) is 8.44. The van der Waals surface area contributed by atoms with E-state index in [4.69, 9.17) is 4.74 Å². The smallest absolute Gasteiger partial charge is 0.204 e. The van der Waals surface area contributed by atoms with Crippen LogP contribution in [0.15, 0.2) is 53.0 Å². The van der Waals surface area contributed by atoms with E-state index < -0.39 is 6.10 Å². The summed E-state index contributed by atoms with van der Waals surface area (Å²) in [6.07, 6.45) is -0.821. The molecular weight excluding hydrogens is 391 g/mol. The lowest BCUT2D eigenvalue weighted by Gasteiger charge is -2.10. The van der Waals surface area contributed by atoms with Gasteiger partial charge in [-0.2, -0.15) is 4.80 Å². The van der Waals surface area contributed by atoms with Crippen molar-refractivity contribution >= 4 is 15.9 Å². The Labute approximate surface area is 152 Å². The lowest BCUT2D eigenvalue weighted by Crippen LogP contribution is -2.23. The minimum atomic E-state index is -0.821. The average Bonchev–Trinajstić information content (AvgIpc) is 3.05. The minimum absolute atomic E-state index is 0.0451. The first-order chi connectivity index (χ1) is 12.1. The molecule has 0 aliphatic rings. The van der Waals surface area contributed by atoms with E-state index in [0.717, 1.165) is 10.0 Å². The topological polar surface area (TPSA) is 73.1 Å². The van der Waals surface area contributed by atoms with E-state index in [2.05, 4.69) is 31.3 Å². The first-order valence-electron chi connectivity index (χ1n) is 7.65. The summed E-state index contributed by atoms with van der Waals surface area (Å²) in [7, 11) is 0. The van der Waals surface area contributed by atoms with E-state index in [1.807, 2.05) is 24.3 Å². The summed E-state index contributed by atoms with van der Waals surface area (Å²) in [6, 6.07) is 13.9. The van der Waals surface area contributed by atoms with Gasteiger partial charge in [0.1, 0.15) is 5.82 Å². The molecule has 8 heteroatoms. The van der Waals surface area contributed by atoms with Gasteiger partial charge in [-0.1, -0.05) is 34.1 Å². The highest BCUT2D eigenvalue weighted by molar-refractivity contribution is 9.10. The molecule has 0 spiro atoms. The zero-order valence-electron chi connectivity index (χ0n) is 13.2. The molecule has 2 aromatic carbocycles. The maximum absolute atomic E-state index is 13.5. The van der Waals surface area contributed by atoms with Gasteiger partial charge in [-0.15, -0.1) is 10.2 Å². The molecule has 3 rings (SSSR count). The average molecular weight is 407 g/mol. The molecule has 1 N–H and O–H groups in total. The number of nitrogens with zero attached hydrogens (tertiary/aromatic N) is 4. The molecule has 6 nitrogen and oxygen atoms in total. The first kappa shape index (κ1) is 17.7. The third-order valence-electron chi connectivity index (χ3n) is 3.45. The fourth-order valence-electron chi connectivity index (χ4n) is 2.20. The van der Waals surface area contributed by atoms with E-state index in [-0.39, 0.29) is 25.6 Å². The van der Waals surface area contributed by atoms with Crippen molar-refractivity contribution in [1.29, 1.82) is 0 Å². The molecule has 0 bridgehead atoms. The standard InChI is InChI=1S/C17H16BrFN4O2/c18-14-7-5-12(6-8-14)17-20-22-23(21-17)9-15(24)11-25-10-13-3-1-2-4-16(13)19/h1-8,15,24H,9-11H2/t15-/m1/s1. The quantitative estimate of drug-likeness (QED) is 0.652. The number of aliphatic hydroxyl groups is 1. The van der Waals surface area contributed by atoms with Gasteiger partial charge in [-0.25, -0.2) is 4.39 Å². The van der Waals surface area contributed by atoms with Crippen molar-refractivity contribution in [3.05, 3.63) is 64.4 Å². The van der Waals surface area contributed by atoms with E-state index in [0.29, 0.717) is 11.4 Å². The molecule has 25 heavy (non-hydrogen) atoms. The molecule has 0 amide bonds. The summed E-state index contributed by atoms with van der Waals surface area (Å²) in [6.45, 7) is 0.281. The molecule has 0 saturated heterocycles. The summed E-state index contributed by atoms with van der Waals surface area (Å²) in [5.41, 5.74) is 1.28. The largest absolute Gasteiger partial charge is 0.389 e. The van der Waals surface area contributed by atoms with Gasteiger partial charge >= 0.3 is 0 Å². The molecule has 3 aromatic rings. The fraction of sp³-hybridized carbons (Fsp3) is 0.235. The van der Waals surface area contributed by atoms with Crippen LogP contribution in [0.5, 0.6) is 0 Å².